The van der Waals surface area contributed by atoms with Crippen LogP contribution >= 0.6 is 0 Å². The van der Waals surface area contributed by atoms with Crippen LogP contribution in [0, 0.1) is 0 Å². The molecule has 9 nitrogen and oxygen atoms in total. The van der Waals surface area contributed by atoms with Crippen molar-refractivity contribution in [2.24, 2.45) is 0 Å². The summed E-state index contributed by atoms with van der Waals surface area (Å²) in [6.07, 6.45) is 1.29. The molecule has 0 atom stereocenters. The number of anilines is 1. The number of methoxy groups -OCH3 is 4. The molecule has 1 saturated heterocycles. The van der Waals surface area contributed by atoms with Crippen LogP contribution < -0.4 is 14.8 Å². The van der Waals surface area contributed by atoms with Gasteiger partial charge in [-0.15, -0.1) is 0 Å². The van der Waals surface area contributed by atoms with E-state index in [1.807, 2.05) is 30.3 Å². The highest BCUT2D eigenvalue weighted by molar-refractivity contribution is 6.14. The number of hydrogen-bond acceptors (Lipinski definition) is 9. The van der Waals surface area contributed by atoms with E-state index < -0.39 is 11.9 Å². The molecule has 1 aliphatic heterocycles. The summed E-state index contributed by atoms with van der Waals surface area (Å²) in [4.78, 5) is 28.6. The summed E-state index contributed by atoms with van der Waals surface area (Å²) in [6.45, 7) is 5.44. The van der Waals surface area contributed by atoms with Gasteiger partial charge in [-0.25, -0.2) is 9.59 Å². The van der Waals surface area contributed by atoms with Crippen molar-refractivity contribution in [1.82, 2.24) is 9.80 Å². The molecule has 0 saturated carbocycles. The molecular weight excluding hydrogens is 450 g/mol. The van der Waals surface area contributed by atoms with Crippen LogP contribution in [-0.4, -0.2) is 76.4 Å². The van der Waals surface area contributed by atoms with Crippen LogP contribution in [0.25, 0.3) is 0 Å². The van der Waals surface area contributed by atoms with Gasteiger partial charge in [0, 0.05) is 56.7 Å². The molecule has 1 aliphatic rings. The fourth-order valence-electron chi connectivity index (χ4n) is 3.90. The van der Waals surface area contributed by atoms with Gasteiger partial charge in [0.2, 0.25) is 0 Å². The Morgan fingerprint density at radius 1 is 0.829 bits per heavy atom. The third kappa shape index (κ3) is 7.21. The molecule has 9 heteroatoms. The molecule has 0 spiro atoms. The smallest absolute Gasteiger partial charge is 0.346 e. The summed E-state index contributed by atoms with van der Waals surface area (Å²) in [5.41, 5.74) is 2.77. The predicted molar refractivity (Wildman–Crippen MR) is 132 cm³/mol. The van der Waals surface area contributed by atoms with Crippen molar-refractivity contribution in [3.63, 3.8) is 0 Å². The van der Waals surface area contributed by atoms with Crippen LogP contribution in [0.4, 0.5) is 5.69 Å². The van der Waals surface area contributed by atoms with Crippen molar-refractivity contribution in [1.29, 1.82) is 0 Å². The van der Waals surface area contributed by atoms with E-state index in [1.54, 1.807) is 14.2 Å². The van der Waals surface area contributed by atoms with Crippen molar-refractivity contribution in [2.45, 2.75) is 13.1 Å². The summed E-state index contributed by atoms with van der Waals surface area (Å²) in [5.74, 6) is 0.101. The van der Waals surface area contributed by atoms with Gasteiger partial charge in [-0.1, -0.05) is 12.1 Å². The number of carbonyl (C=O) groups is 2. The number of esters is 2. The minimum Gasteiger partial charge on any atom is -0.497 e. The van der Waals surface area contributed by atoms with Crippen LogP contribution in [0.1, 0.15) is 11.1 Å². The fraction of sp³-hybridized carbons (Fsp3) is 0.385. The van der Waals surface area contributed by atoms with Crippen LogP contribution in [0.2, 0.25) is 0 Å². The van der Waals surface area contributed by atoms with E-state index in [0.29, 0.717) is 5.69 Å². The molecule has 1 heterocycles. The van der Waals surface area contributed by atoms with Crippen molar-refractivity contribution in [3.8, 4) is 11.5 Å². The summed E-state index contributed by atoms with van der Waals surface area (Å²) in [7, 11) is 5.74. The Kier molecular flexibility index (Phi) is 9.51. The maximum atomic E-state index is 11.9. The third-order valence-corrected chi connectivity index (χ3v) is 5.90. The van der Waals surface area contributed by atoms with Gasteiger partial charge < -0.3 is 24.3 Å². The fourth-order valence-corrected chi connectivity index (χ4v) is 3.90. The topological polar surface area (TPSA) is 89.6 Å². The quantitative estimate of drug-likeness (QED) is 0.237. The molecule has 2 aromatic carbocycles. The molecule has 188 valence electrons. The lowest BCUT2D eigenvalue weighted by Gasteiger charge is -2.35. The molecule has 0 amide bonds. The van der Waals surface area contributed by atoms with Crippen molar-refractivity contribution in [2.75, 3.05) is 59.9 Å². The molecule has 0 radical (unpaired) electrons. The predicted octanol–water partition coefficient (Wildman–Crippen LogP) is 2.66. The minimum absolute atomic E-state index is 0.222. The summed E-state index contributed by atoms with van der Waals surface area (Å²) in [6, 6.07) is 13.8. The molecule has 2 aromatic rings. The first-order chi connectivity index (χ1) is 17.0. The second-order valence-corrected chi connectivity index (χ2v) is 8.11. The zero-order valence-corrected chi connectivity index (χ0v) is 20.7. The van der Waals surface area contributed by atoms with E-state index in [2.05, 4.69) is 36.7 Å². The summed E-state index contributed by atoms with van der Waals surface area (Å²) < 4.78 is 20.1. The van der Waals surface area contributed by atoms with Gasteiger partial charge in [0.1, 0.15) is 11.5 Å². The highest BCUT2D eigenvalue weighted by Crippen LogP contribution is 2.25. The van der Waals surface area contributed by atoms with Crippen LogP contribution in [0.15, 0.2) is 54.2 Å². The molecule has 35 heavy (non-hydrogen) atoms. The molecule has 0 aromatic heterocycles. The zero-order chi connectivity index (χ0) is 25.2. The molecule has 0 aliphatic carbocycles. The maximum Gasteiger partial charge on any atom is 0.346 e. The van der Waals surface area contributed by atoms with E-state index >= 15 is 0 Å². The number of benzene rings is 2. The van der Waals surface area contributed by atoms with Crippen molar-refractivity contribution < 1.29 is 28.5 Å². The second kappa shape index (κ2) is 12.8. The van der Waals surface area contributed by atoms with E-state index in [-0.39, 0.29) is 5.57 Å². The second-order valence-electron chi connectivity index (χ2n) is 8.11. The highest BCUT2D eigenvalue weighted by atomic mass is 16.5. The van der Waals surface area contributed by atoms with Gasteiger partial charge in [0.15, 0.2) is 5.57 Å². The minimum atomic E-state index is -0.773. The molecule has 1 N–H and O–H groups in total. The van der Waals surface area contributed by atoms with E-state index in [9.17, 15) is 9.59 Å². The third-order valence-electron chi connectivity index (χ3n) is 5.90. The Bertz CT molecular complexity index is 1010. The Balaban J connectivity index is 1.61. The number of ether oxygens (including phenoxy) is 4. The molecule has 0 unspecified atom stereocenters. The van der Waals surface area contributed by atoms with Gasteiger partial charge >= 0.3 is 11.9 Å². The first-order valence-electron chi connectivity index (χ1n) is 11.3. The van der Waals surface area contributed by atoms with Gasteiger partial charge in [-0.05, 0) is 35.9 Å². The highest BCUT2D eigenvalue weighted by Gasteiger charge is 2.21. The molecule has 0 bridgehead atoms. The molecule has 1 fully saturated rings. The zero-order valence-electron chi connectivity index (χ0n) is 20.7. The monoisotopic (exact) mass is 483 g/mol. The largest absolute Gasteiger partial charge is 0.497 e. The molecule has 3 rings (SSSR count). The lowest BCUT2D eigenvalue weighted by atomic mass is 10.1. The Morgan fingerprint density at radius 3 is 1.97 bits per heavy atom. The van der Waals surface area contributed by atoms with Crippen molar-refractivity contribution in [3.05, 3.63) is 65.4 Å². The summed E-state index contributed by atoms with van der Waals surface area (Å²) in [5, 5.41) is 2.99. The van der Waals surface area contributed by atoms with E-state index in [4.69, 9.17) is 9.47 Å². The van der Waals surface area contributed by atoms with Crippen LogP contribution in [-0.2, 0) is 32.2 Å². The number of rotatable bonds is 10. The maximum absolute atomic E-state index is 11.9. The van der Waals surface area contributed by atoms with E-state index in [1.165, 1.54) is 26.0 Å². The number of piperazine rings is 1. The number of nitrogens with zero attached hydrogens (tertiary/aromatic N) is 2. The average molecular weight is 484 g/mol. The Hall–Kier alpha value is -3.56. The Morgan fingerprint density at radius 2 is 1.43 bits per heavy atom. The lowest BCUT2D eigenvalue weighted by Crippen LogP contribution is -2.45. The van der Waals surface area contributed by atoms with Gasteiger partial charge in [0.05, 0.1) is 28.4 Å². The average Bonchev–Trinajstić information content (AvgIpc) is 2.90. The van der Waals surface area contributed by atoms with Crippen molar-refractivity contribution >= 4 is 17.6 Å². The Labute approximate surface area is 206 Å². The van der Waals surface area contributed by atoms with Crippen LogP contribution in [0.5, 0.6) is 11.5 Å². The number of carbonyl (C=O) groups excluding carboxylic acids is 2. The van der Waals surface area contributed by atoms with Gasteiger partial charge in [-0.3, -0.25) is 9.80 Å². The number of nitrogens with one attached hydrogen (secondary N) is 1. The molecular formula is C26H33N3O6. The normalized spacial score (nSPS) is 14.1. The lowest BCUT2D eigenvalue weighted by molar-refractivity contribution is -0.144. The van der Waals surface area contributed by atoms with Crippen LogP contribution in [0.3, 0.4) is 0 Å². The SMILES string of the molecule is COC(=O)C(=CNc1ccc(OC)c(CN2CCN(Cc3ccc(OC)cc3)CC2)c1)C(=O)OC. The van der Waals surface area contributed by atoms with E-state index in [0.717, 1.165) is 56.3 Å². The standard InChI is InChI=1S/C26H33N3O6/c1-32-22-8-5-19(6-9-22)17-28-11-13-29(14-12-28)18-20-15-21(7-10-24(20)33-2)27-16-23(25(30)34-3)26(31)35-4/h5-10,15-16,27H,11-14,17-18H2,1-4H3. The van der Waals surface area contributed by atoms with Gasteiger partial charge in [0.25, 0.3) is 0 Å². The summed E-state index contributed by atoms with van der Waals surface area (Å²) >= 11 is 0. The first kappa shape index (κ1) is 26.1. The number of hydrogen-bond donors (Lipinski definition) is 1. The van der Waals surface area contributed by atoms with Gasteiger partial charge in [-0.2, -0.15) is 0 Å². The first-order valence-corrected chi connectivity index (χ1v) is 11.3.